The molecule has 0 fully saturated rings. The van der Waals surface area contributed by atoms with Crippen LogP contribution in [0.2, 0.25) is 0 Å². The molecule has 2 heterocycles. The van der Waals surface area contributed by atoms with E-state index in [9.17, 15) is 4.39 Å². The summed E-state index contributed by atoms with van der Waals surface area (Å²) in [5.41, 5.74) is 2.27. The van der Waals surface area contributed by atoms with Gasteiger partial charge in [-0.3, -0.25) is 4.99 Å². The van der Waals surface area contributed by atoms with Crippen LogP contribution in [0.1, 0.15) is 6.42 Å². The molecule has 0 radical (unpaired) electrons. The predicted molar refractivity (Wildman–Crippen MR) is 66.3 cm³/mol. The Morgan fingerprint density at radius 1 is 1.25 bits per heavy atom. The number of hydrogen-bond donors (Lipinski definition) is 0. The number of hydrogen-bond acceptors (Lipinski definition) is 3. The minimum Gasteiger partial charge on any atom is -0.346 e. The molecular weight excluding hydrogens is 223 g/mol. The molecule has 0 bridgehead atoms. The molecule has 0 saturated heterocycles. The largest absolute Gasteiger partial charge is 0.346 e. The second kappa shape index (κ2) is 3.94. The van der Waals surface area contributed by atoms with Crippen LogP contribution in [0.5, 0.6) is 0 Å². The van der Waals surface area contributed by atoms with Gasteiger partial charge in [0.2, 0.25) is 0 Å². The summed E-state index contributed by atoms with van der Waals surface area (Å²) in [5.74, 6) is 0.657. The quantitative estimate of drug-likeness (QED) is 0.742. The van der Waals surface area contributed by atoms with Crippen LogP contribution >= 0.6 is 11.8 Å². The van der Waals surface area contributed by atoms with E-state index in [2.05, 4.69) is 16.1 Å². The third-order valence-electron chi connectivity index (χ3n) is 2.78. The van der Waals surface area contributed by atoms with Crippen LogP contribution in [0.3, 0.4) is 0 Å². The van der Waals surface area contributed by atoms with Gasteiger partial charge in [0.1, 0.15) is 5.82 Å². The molecule has 0 saturated carbocycles. The van der Waals surface area contributed by atoms with Gasteiger partial charge in [-0.05, 0) is 24.3 Å². The average molecular weight is 234 g/mol. The van der Waals surface area contributed by atoms with Crippen LogP contribution in [0.15, 0.2) is 40.4 Å². The molecule has 16 heavy (non-hydrogen) atoms. The van der Waals surface area contributed by atoms with E-state index >= 15 is 0 Å². The number of fused-ring (bicyclic) bond motifs is 1. The Kier molecular flexibility index (Phi) is 2.44. The summed E-state index contributed by atoms with van der Waals surface area (Å²) >= 11 is 1.77. The summed E-state index contributed by atoms with van der Waals surface area (Å²) in [4.78, 5) is 7.84. The van der Waals surface area contributed by atoms with Crippen molar-refractivity contribution in [3.8, 4) is 0 Å². The second-order valence-corrected chi connectivity index (χ2v) is 4.78. The Bertz CT molecular complexity index is 464. The molecular formula is C12H11FN2S. The molecule has 1 aromatic carbocycles. The molecule has 3 rings (SSSR count). The summed E-state index contributed by atoms with van der Waals surface area (Å²) in [6.45, 7) is 0.925. The fourth-order valence-corrected chi connectivity index (χ4v) is 2.82. The molecule has 2 nitrogen and oxygen atoms in total. The molecule has 0 atom stereocenters. The Balaban J connectivity index is 1.89. The van der Waals surface area contributed by atoms with E-state index in [1.807, 2.05) is 12.1 Å². The zero-order valence-corrected chi connectivity index (χ0v) is 9.51. The van der Waals surface area contributed by atoms with Crippen molar-refractivity contribution in [1.29, 1.82) is 0 Å². The number of rotatable bonds is 1. The van der Waals surface area contributed by atoms with E-state index in [0.717, 1.165) is 24.5 Å². The van der Waals surface area contributed by atoms with Gasteiger partial charge in [-0.15, -0.1) is 0 Å². The Labute approximate surface area is 97.9 Å². The zero-order valence-electron chi connectivity index (χ0n) is 8.69. The monoisotopic (exact) mass is 234 g/mol. The molecule has 0 aliphatic carbocycles. The van der Waals surface area contributed by atoms with Crippen LogP contribution in [-0.2, 0) is 0 Å². The van der Waals surface area contributed by atoms with Crippen molar-refractivity contribution >= 4 is 23.2 Å². The molecule has 82 valence electrons. The number of nitrogens with zero attached hydrogens (tertiary/aromatic N) is 2. The first-order valence-corrected chi connectivity index (χ1v) is 6.22. The number of allylic oxidation sites excluding steroid dienone is 1. The third kappa shape index (κ3) is 1.73. The maximum absolute atomic E-state index is 12.8. The summed E-state index contributed by atoms with van der Waals surface area (Å²) < 4.78 is 12.8. The van der Waals surface area contributed by atoms with E-state index in [1.165, 1.54) is 22.7 Å². The van der Waals surface area contributed by atoms with E-state index < -0.39 is 0 Å². The van der Waals surface area contributed by atoms with Crippen LogP contribution in [-0.4, -0.2) is 18.1 Å². The molecule has 2 aliphatic rings. The lowest BCUT2D eigenvalue weighted by atomic mass is 10.1. The molecule has 0 amide bonds. The second-order valence-electron chi connectivity index (χ2n) is 3.79. The highest BCUT2D eigenvalue weighted by Crippen LogP contribution is 2.31. The van der Waals surface area contributed by atoms with Gasteiger partial charge in [-0.25, -0.2) is 4.39 Å². The zero-order chi connectivity index (χ0) is 11.0. The van der Waals surface area contributed by atoms with Crippen molar-refractivity contribution in [2.45, 2.75) is 6.42 Å². The normalized spacial score (nSPS) is 19.2. The van der Waals surface area contributed by atoms with Crippen LogP contribution < -0.4 is 4.90 Å². The van der Waals surface area contributed by atoms with Gasteiger partial charge < -0.3 is 4.90 Å². The van der Waals surface area contributed by atoms with Crippen molar-refractivity contribution in [2.24, 2.45) is 4.99 Å². The molecule has 0 spiro atoms. The predicted octanol–water partition coefficient (Wildman–Crippen LogP) is 3.02. The van der Waals surface area contributed by atoms with E-state index in [4.69, 9.17) is 0 Å². The lowest BCUT2D eigenvalue weighted by molar-refractivity contribution is 0.627. The fourth-order valence-electron chi connectivity index (χ4n) is 1.92. The highest BCUT2D eigenvalue weighted by molar-refractivity contribution is 8.04. The van der Waals surface area contributed by atoms with E-state index in [-0.39, 0.29) is 5.82 Å². The van der Waals surface area contributed by atoms with Gasteiger partial charge in [-0.1, -0.05) is 11.8 Å². The van der Waals surface area contributed by atoms with E-state index in [0.29, 0.717) is 0 Å². The fraction of sp³-hybridized carbons (Fsp3) is 0.250. The number of halogens is 1. The maximum atomic E-state index is 12.8. The molecule has 0 unspecified atom stereocenters. The number of benzene rings is 1. The summed E-state index contributed by atoms with van der Waals surface area (Å²) in [5, 5.41) is 0. The van der Waals surface area contributed by atoms with Gasteiger partial charge in [0, 0.05) is 29.8 Å². The topological polar surface area (TPSA) is 15.6 Å². The molecule has 4 heteroatoms. The van der Waals surface area contributed by atoms with Gasteiger partial charge in [0.05, 0.1) is 11.6 Å². The van der Waals surface area contributed by atoms with Gasteiger partial charge in [-0.2, -0.15) is 0 Å². The summed E-state index contributed by atoms with van der Waals surface area (Å²) in [6.07, 6.45) is 3.10. The smallest absolute Gasteiger partial charge is 0.123 e. The Morgan fingerprint density at radius 2 is 2.06 bits per heavy atom. The number of thioether (sulfide) groups is 1. The standard InChI is InChI=1S/C12H11FN2S/c13-9-1-3-10(4-2-9)15-6-5-11-12(7-15)16-8-14-11/h1-4,7H,5-6,8H2. The molecule has 2 aliphatic heterocycles. The van der Waals surface area contributed by atoms with Gasteiger partial charge >= 0.3 is 0 Å². The SMILES string of the molecule is Fc1ccc(N2C=C3SCN=C3CC2)cc1. The van der Waals surface area contributed by atoms with Crippen molar-refractivity contribution in [2.75, 3.05) is 17.3 Å². The first-order chi connectivity index (χ1) is 7.83. The van der Waals surface area contributed by atoms with Crippen LogP contribution in [0.4, 0.5) is 10.1 Å². The minimum atomic E-state index is -0.189. The molecule has 0 aromatic heterocycles. The highest BCUT2D eigenvalue weighted by Gasteiger charge is 2.21. The van der Waals surface area contributed by atoms with Crippen molar-refractivity contribution in [1.82, 2.24) is 0 Å². The summed E-state index contributed by atoms with van der Waals surface area (Å²) in [6, 6.07) is 6.63. The first kappa shape index (κ1) is 9.90. The molecule has 1 aromatic rings. The van der Waals surface area contributed by atoms with E-state index in [1.54, 1.807) is 11.8 Å². The van der Waals surface area contributed by atoms with Crippen molar-refractivity contribution < 1.29 is 4.39 Å². The lowest BCUT2D eigenvalue weighted by Gasteiger charge is -2.25. The number of anilines is 1. The van der Waals surface area contributed by atoms with Crippen molar-refractivity contribution in [3.63, 3.8) is 0 Å². The van der Waals surface area contributed by atoms with Crippen LogP contribution in [0.25, 0.3) is 0 Å². The van der Waals surface area contributed by atoms with Gasteiger partial charge in [0.15, 0.2) is 0 Å². The highest BCUT2D eigenvalue weighted by atomic mass is 32.2. The Morgan fingerprint density at radius 3 is 2.88 bits per heavy atom. The van der Waals surface area contributed by atoms with Crippen LogP contribution in [0, 0.1) is 5.82 Å². The van der Waals surface area contributed by atoms with Crippen molar-refractivity contribution in [3.05, 3.63) is 41.2 Å². The third-order valence-corrected chi connectivity index (χ3v) is 3.69. The maximum Gasteiger partial charge on any atom is 0.123 e. The molecule has 0 N–H and O–H groups in total. The summed E-state index contributed by atoms with van der Waals surface area (Å²) in [7, 11) is 0. The lowest BCUT2D eigenvalue weighted by Crippen LogP contribution is -2.25. The first-order valence-electron chi connectivity index (χ1n) is 5.23. The van der Waals surface area contributed by atoms with Gasteiger partial charge in [0.25, 0.3) is 0 Å². The minimum absolute atomic E-state index is 0.189. The Hall–Kier alpha value is -1.29. The average Bonchev–Trinajstić information content (AvgIpc) is 2.77. The number of aliphatic imine (C=N–C) groups is 1.